The van der Waals surface area contributed by atoms with Gasteiger partial charge in [0.1, 0.15) is 0 Å². The molecule has 0 N–H and O–H groups in total. The third kappa shape index (κ3) is 9.31. The first-order chi connectivity index (χ1) is 34.2. The molecule has 328 valence electrons. The number of anilines is 9. The first kappa shape index (κ1) is 42.5. The Balaban J connectivity index is 0.914. The zero-order chi connectivity index (χ0) is 46.2. The molecule has 0 saturated carbocycles. The fraction of sp³-hybridized carbons (Fsp3) is 0. The van der Waals surface area contributed by atoms with E-state index in [4.69, 9.17) is 0 Å². The fourth-order valence-corrected chi connectivity index (χ4v) is 9.28. The van der Waals surface area contributed by atoms with Crippen molar-refractivity contribution in [1.29, 1.82) is 0 Å². The summed E-state index contributed by atoms with van der Waals surface area (Å²) in [5, 5.41) is 0. The van der Waals surface area contributed by atoms with Crippen LogP contribution >= 0.6 is 0 Å². The second kappa shape index (κ2) is 19.7. The first-order valence-electron chi connectivity index (χ1n) is 23.5. The number of nitrogens with zero attached hydrogens (tertiary/aromatic N) is 3. The Morgan fingerprint density at radius 3 is 0.507 bits per heavy atom. The van der Waals surface area contributed by atoms with Gasteiger partial charge in [0.25, 0.3) is 0 Å². The van der Waals surface area contributed by atoms with Crippen LogP contribution in [0, 0.1) is 0 Å². The van der Waals surface area contributed by atoms with Crippen LogP contribution in [-0.4, -0.2) is 0 Å². The lowest BCUT2D eigenvalue weighted by Gasteiger charge is -2.26. The van der Waals surface area contributed by atoms with Crippen molar-refractivity contribution in [3.63, 3.8) is 0 Å². The van der Waals surface area contributed by atoms with Gasteiger partial charge in [-0.2, -0.15) is 0 Å². The second-order valence-electron chi connectivity index (χ2n) is 17.0. The lowest BCUT2D eigenvalue weighted by atomic mass is 9.97. The van der Waals surface area contributed by atoms with Gasteiger partial charge < -0.3 is 14.7 Å². The lowest BCUT2D eigenvalue weighted by Crippen LogP contribution is -2.10. The maximum Gasteiger partial charge on any atom is 0.0467 e. The van der Waals surface area contributed by atoms with E-state index >= 15 is 0 Å². The van der Waals surface area contributed by atoms with Crippen molar-refractivity contribution in [3.05, 3.63) is 297 Å². The Kier molecular flexibility index (Phi) is 12.1. The Morgan fingerprint density at radius 1 is 0.130 bits per heavy atom. The van der Waals surface area contributed by atoms with Crippen LogP contribution < -0.4 is 14.7 Å². The van der Waals surface area contributed by atoms with Crippen LogP contribution in [0.2, 0.25) is 0 Å². The van der Waals surface area contributed by atoms with E-state index in [9.17, 15) is 0 Å². The van der Waals surface area contributed by atoms with Crippen molar-refractivity contribution in [2.24, 2.45) is 0 Å². The van der Waals surface area contributed by atoms with Gasteiger partial charge >= 0.3 is 0 Å². The average molecular weight is 884 g/mol. The molecule has 3 nitrogen and oxygen atoms in total. The summed E-state index contributed by atoms with van der Waals surface area (Å²) in [5.41, 5.74) is 19.1. The van der Waals surface area contributed by atoms with Crippen LogP contribution in [0.5, 0.6) is 0 Å². The summed E-state index contributed by atoms with van der Waals surface area (Å²) >= 11 is 0. The average Bonchev–Trinajstić information content (AvgIpc) is 3.43. The Hall–Kier alpha value is -9.18. The molecule has 11 aromatic carbocycles. The summed E-state index contributed by atoms with van der Waals surface area (Å²) in [6, 6.07) is 106. The monoisotopic (exact) mass is 883 g/mol. The highest BCUT2D eigenvalue weighted by atomic mass is 15.2. The van der Waals surface area contributed by atoms with E-state index < -0.39 is 0 Å². The standard InChI is InChI=1S/C66H49N3/c1-6-30-58(31-7-1)67(59-32-8-2-9-33-59)63-40-18-26-54(46-63)50-22-16-24-52(44-50)56-28-20-42-65(48-56)69(62-38-14-5-15-39-62)66-43-21-29-57(49-66)53-25-17-23-51(45-53)55-27-19-41-64(47-55)68(60-34-10-3-11-35-60)61-36-12-4-13-37-61/h1-49H. The molecule has 0 bridgehead atoms. The summed E-state index contributed by atoms with van der Waals surface area (Å²) in [5.74, 6) is 0. The molecule has 0 aromatic heterocycles. The quantitative estimate of drug-likeness (QED) is 0.114. The van der Waals surface area contributed by atoms with Crippen LogP contribution in [0.3, 0.4) is 0 Å². The van der Waals surface area contributed by atoms with E-state index in [1.54, 1.807) is 0 Å². The molecule has 0 spiro atoms. The van der Waals surface area contributed by atoms with E-state index in [0.717, 1.165) is 95.7 Å². The maximum atomic E-state index is 2.36. The fourth-order valence-electron chi connectivity index (χ4n) is 9.28. The molecule has 0 heterocycles. The maximum absolute atomic E-state index is 2.36. The SMILES string of the molecule is c1ccc(N(c2ccccc2)c2cccc(-c3cccc(-c4cccc(N(c5ccccc5)c5cccc(-c6cccc(-c7cccc(N(c8ccccc8)c8ccccc8)c7)c6)c5)c4)c3)c2)cc1. The molecule has 11 aromatic rings. The number of para-hydroxylation sites is 5. The van der Waals surface area contributed by atoms with E-state index in [0.29, 0.717) is 0 Å². The predicted molar refractivity (Wildman–Crippen MR) is 292 cm³/mol. The van der Waals surface area contributed by atoms with Gasteiger partial charge in [-0.15, -0.1) is 0 Å². The molecule has 0 aliphatic heterocycles. The van der Waals surface area contributed by atoms with Crippen molar-refractivity contribution in [2.45, 2.75) is 0 Å². The second-order valence-corrected chi connectivity index (χ2v) is 17.0. The van der Waals surface area contributed by atoms with Crippen molar-refractivity contribution in [3.8, 4) is 44.5 Å². The van der Waals surface area contributed by atoms with Gasteiger partial charge in [-0.25, -0.2) is 0 Å². The first-order valence-corrected chi connectivity index (χ1v) is 23.5. The van der Waals surface area contributed by atoms with Gasteiger partial charge in [0.15, 0.2) is 0 Å². The zero-order valence-electron chi connectivity index (χ0n) is 38.1. The molecule has 0 aliphatic rings. The van der Waals surface area contributed by atoms with Crippen LogP contribution in [-0.2, 0) is 0 Å². The van der Waals surface area contributed by atoms with Gasteiger partial charge in [-0.3, -0.25) is 0 Å². The number of rotatable bonds is 13. The topological polar surface area (TPSA) is 9.72 Å². The molecule has 0 radical (unpaired) electrons. The molecule has 0 amide bonds. The van der Waals surface area contributed by atoms with Gasteiger partial charge in [0.05, 0.1) is 0 Å². The summed E-state index contributed by atoms with van der Waals surface area (Å²) in [6.07, 6.45) is 0. The summed E-state index contributed by atoms with van der Waals surface area (Å²) in [4.78, 5) is 6.98. The molecule has 0 aliphatic carbocycles. The Bertz CT molecular complexity index is 3150. The Morgan fingerprint density at radius 2 is 0.290 bits per heavy atom. The van der Waals surface area contributed by atoms with Crippen molar-refractivity contribution < 1.29 is 0 Å². The molecule has 0 fully saturated rings. The van der Waals surface area contributed by atoms with E-state index in [2.05, 4.69) is 312 Å². The molecule has 0 saturated heterocycles. The normalized spacial score (nSPS) is 10.9. The number of hydrogen-bond acceptors (Lipinski definition) is 3. The minimum atomic E-state index is 1.08. The Labute approximate surface area is 405 Å². The van der Waals surface area contributed by atoms with Crippen molar-refractivity contribution >= 4 is 51.2 Å². The number of benzene rings is 11. The smallest absolute Gasteiger partial charge is 0.0467 e. The molecule has 0 unspecified atom stereocenters. The summed E-state index contributed by atoms with van der Waals surface area (Å²) in [6.45, 7) is 0. The van der Waals surface area contributed by atoms with E-state index in [1.165, 1.54) is 0 Å². The van der Waals surface area contributed by atoms with Crippen molar-refractivity contribution in [2.75, 3.05) is 14.7 Å². The minimum Gasteiger partial charge on any atom is -0.310 e. The zero-order valence-corrected chi connectivity index (χ0v) is 38.1. The predicted octanol–water partition coefficient (Wildman–Crippen LogP) is 18.8. The minimum absolute atomic E-state index is 1.08. The largest absolute Gasteiger partial charge is 0.310 e. The third-order valence-electron chi connectivity index (χ3n) is 12.5. The van der Waals surface area contributed by atoms with Crippen LogP contribution in [0.15, 0.2) is 297 Å². The summed E-state index contributed by atoms with van der Waals surface area (Å²) in [7, 11) is 0. The highest BCUT2D eigenvalue weighted by molar-refractivity contribution is 5.86. The molecular weight excluding hydrogens is 835 g/mol. The lowest BCUT2D eigenvalue weighted by molar-refractivity contribution is 1.28. The summed E-state index contributed by atoms with van der Waals surface area (Å²) < 4.78 is 0. The molecule has 0 atom stereocenters. The highest BCUT2D eigenvalue weighted by Gasteiger charge is 2.17. The van der Waals surface area contributed by atoms with Crippen LogP contribution in [0.1, 0.15) is 0 Å². The van der Waals surface area contributed by atoms with Crippen LogP contribution in [0.4, 0.5) is 51.2 Å². The number of hydrogen-bond donors (Lipinski definition) is 0. The third-order valence-corrected chi connectivity index (χ3v) is 12.5. The molecular formula is C66H49N3. The van der Waals surface area contributed by atoms with Gasteiger partial charge in [-0.1, -0.05) is 176 Å². The van der Waals surface area contributed by atoms with Crippen LogP contribution in [0.25, 0.3) is 44.5 Å². The van der Waals surface area contributed by atoms with E-state index in [1.807, 2.05) is 0 Å². The van der Waals surface area contributed by atoms with E-state index in [-0.39, 0.29) is 0 Å². The molecule has 3 heteroatoms. The molecule has 11 rings (SSSR count). The van der Waals surface area contributed by atoms with Gasteiger partial charge in [-0.05, 0) is 166 Å². The van der Waals surface area contributed by atoms with Crippen molar-refractivity contribution in [1.82, 2.24) is 0 Å². The van der Waals surface area contributed by atoms with Gasteiger partial charge in [0.2, 0.25) is 0 Å². The van der Waals surface area contributed by atoms with Gasteiger partial charge in [0, 0.05) is 51.2 Å². The highest BCUT2D eigenvalue weighted by Crippen LogP contribution is 2.41. The molecule has 69 heavy (non-hydrogen) atoms.